The Morgan fingerprint density at radius 3 is 2.48 bits per heavy atom. The highest BCUT2D eigenvalue weighted by Crippen LogP contribution is 2.16. The number of benzene rings is 2. The summed E-state index contributed by atoms with van der Waals surface area (Å²) in [5, 5.41) is 3.42. The summed E-state index contributed by atoms with van der Waals surface area (Å²) < 4.78 is 5.62. The Bertz CT molecular complexity index is 932. The van der Waals surface area contributed by atoms with Gasteiger partial charge in [0.25, 0.3) is 5.91 Å². The molecule has 1 atom stereocenters. The van der Waals surface area contributed by atoms with Crippen LogP contribution in [0.2, 0.25) is 0 Å². The second kappa shape index (κ2) is 7.32. The predicted molar refractivity (Wildman–Crippen MR) is 97.7 cm³/mol. The smallest absolute Gasteiger partial charge is 0.287 e. The highest BCUT2D eigenvalue weighted by atomic mass is 16.3. The van der Waals surface area contributed by atoms with E-state index in [1.54, 1.807) is 24.3 Å². The van der Waals surface area contributed by atoms with Gasteiger partial charge in [0.05, 0.1) is 11.4 Å². The van der Waals surface area contributed by atoms with Gasteiger partial charge in [0.15, 0.2) is 11.2 Å². The van der Waals surface area contributed by atoms with E-state index < -0.39 is 5.91 Å². The van der Waals surface area contributed by atoms with E-state index in [4.69, 9.17) is 4.42 Å². The van der Waals surface area contributed by atoms with Gasteiger partial charge in [0.2, 0.25) is 0 Å². The molecular weight excluding hydrogens is 316 g/mol. The summed E-state index contributed by atoms with van der Waals surface area (Å²) >= 11 is 0. The van der Waals surface area contributed by atoms with Gasteiger partial charge < -0.3 is 14.6 Å². The Morgan fingerprint density at radius 2 is 1.76 bits per heavy atom. The maximum absolute atomic E-state index is 12.6. The number of para-hydroxylation sites is 1. The monoisotopic (exact) mass is 336 g/mol. The third kappa shape index (κ3) is 3.95. The van der Waals surface area contributed by atoms with Crippen LogP contribution in [0.5, 0.6) is 0 Å². The van der Waals surface area contributed by atoms with Crippen LogP contribution >= 0.6 is 0 Å². The number of hydrogen-bond acceptors (Lipinski definition) is 4. The molecule has 1 heterocycles. The van der Waals surface area contributed by atoms with Gasteiger partial charge in [-0.1, -0.05) is 42.5 Å². The molecule has 0 saturated heterocycles. The molecule has 5 nitrogen and oxygen atoms in total. The standard InChI is InChI=1S/C20H20N2O3/c1-22(2)13-16(14-8-4-3-5-9-14)21-20(24)19-12-17(23)15-10-6-7-11-18(15)25-19/h3-12,16H,13H2,1-2H3,(H,21,24)/t16-/m0/s1. The highest BCUT2D eigenvalue weighted by Gasteiger charge is 2.19. The summed E-state index contributed by atoms with van der Waals surface area (Å²) in [6.07, 6.45) is 0. The van der Waals surface area contributed by atoms with Crippen molar-refractivity contribution in [2.45, 2.75) is 6.04 Å². The van der Waals surface area contributed by atoms with Crippen LogP contribution in [0.3, 0.4) is 0 Å². The van der Waals surface area contributed by atoms with Gasteiger partial charge in [-0.3, -0.25) is 9.59 Å². The van der Waals surface area contributed by atoms with Crippen molar-refractivity contribution in [3.05, 3.63) is 82.2 Å². The van der Waals surface area contributed by atoms with E-state index in [9.17, 15) is 9.59 Å². The predicted octanol–water partition coefficient (Wildman–Crippen LogP) is 2.83. The molecule has 3 aromatic rings. The summed E-state index contributed by atoms with van der Waals surface area (Å²) in [5.41, 5.74) is 1.17. The SMILES string of the molecule is CN(C)C[C@H](NC(=O)c1cc(=O)c2ccccc2o1)c1ccccc1. The maximum Gasteiger partial charge on any atom is 0.287 e. The van der Waals surface area contributed by atoms with Gasteiger partial charge in [0.1, 0.15) is 5.58 Å². The molecule has 2 aromatic carbocycles. The normalized spacial score (nSPS) is 12.3. The molecule has 0 unspecified atom stereocenters. The van der Waals surface area contributed by atoms with Crippen LogP contribution in [0.1, 0.15) is 22.2 Å². The largest absolute Gasteiger partial charge is 0.451 e. The zero-order chi connectivity index (χ0) is 17.8. The summed E-state index contributed by atoms with van der Waals surface area (Å²) in [7, 11) is 3.89. The number of hydrogen-bond donors (Lipinski definition) is 1. The van der Waals surface area contributed by atoms with E-state index in [-0.39, 0.29) is 17.2 Å². The van der Waals surface area contributed by atoms with Crippen molar-refractivity contribution in [1.29, 1.82) is 0 Å². The average Bonchev–Trinajstić information content (AvgIpc) is 2.61. The Labute approximate surface area is 145 Å². The molecule has 0 fully saturated rings. The average molecular weight is 336 g/mol. The topological polar surface area (TPSA) is 62.6 Å². The van der Waals surface area contributed by atoms with Gasteiger partial charge in [-0.2, -0.15) is 0 Å². The number of carbonyl (C=O) groups excluding carboxylic acids is 1. The number of rotatable bonds is 5. The number of amides is 1. The molecule has 1 N–H and O–H groups in total. The third-order valence-electron chi connectivity index (χ3n) is 3.91. The van der Waals surface area contributed by atoms with Crippen molar-refractivity contribution < 1.29 is 9.21 Å². The van der Waals surface area contributed by atoms with Gasteiger partial charge >= 0.3 is 0 Å². The van der Waals surface area contributed by atoms with Crippen LogP contribution in [0.15, 0.2) is 69.9 Å². The Kier molecular flexibility index (Phi) is 4.95. The number of nitrogens with zero attached hydrogens (tertiary/aromatic N) is 1. The molecule has 0 bridgehead atoms. The lowest BCUT2D eigenvalue weighted by Gasteiger charge is -2.22. The van der Waals surface area contributed by atoms with E-state index in [0.717, 1.165) is 5.56 Å². The lowest BCUT2D eigenvalue weighted by Crippen LogP contribution is -2.35. The fourth-order valence-electron chi connectivity index (χ4n) is 2.73. The van der Waals surface area contributed by atoms with E-state index in [0.29, 0.717) is 17.5 Å². The first-order valence-corrected chi connectivity index (χ1v) is 8.08. The van der Waals surface area contributed by atoms with Crippen molar-refractivity contribution in [2.75, 3.05) is 20.6 Å². The van der Waals surface area contributed by atoms with E-state index in [1.807, 2.05) is 49.3 Å². The van der Waals surface area contributed by atoms with Crippen LogP contribution in [0.25, 0.3) is 11.0 Å². The fraction of sp³-hybridized carbons (Fsp3) is 0.200. The minimum atomic E-state index is -0.404. The molecule has 128 valence electrons. The van der Waals surface area contributed by atoms with Crippen LogP contribution < -0.4 is 10.7 Å². The summed E-state index contributed by atoms with van der Waals surface area (Å²) in [6.45, 7) is 0.633. The lowest BCUT2D eigenvalue weighted by atomic mass is 10.1. The quantitative estimate of drug-likeness (QED) is 0.778. The lowest BCUT2D eigenvalue weighted by molar-refractivity contribution is 0.0902. The number of fused-ring (bicyclic) bond motifs is 1. The summed E-state index contributed by atoms with van der Waals surface area (Å²) in [5.74, 6) is -0.387. The zero-order valence-corrected chi connectivity index (χ0v) is 14.2. The molecule has 0 aliphatic rings. The Morgan fingerprint density at radius 1 is 1.08 bits per heavy atom. The molecule has 0 saturated carbocycles. The Balaban J connectivity index is 1.90. The van der Waals surface area contributed by atoms with Crippen molar-refractivity contribution in [2.24, 2.45) is 0 Å². The number of carbonyl (C=O) groups is 1. The molecule has 25 heavy (non-hydrogen) atoms. The van der Waals surface area contributed by atoms with E-state index in [2.05, 4.69) is 5.32 Å². The first-order chi connectivity index (χ1) is 12.0. The second-order valence-electron chi connectivity index (χ2n) is 6.17. The van der Waals surface area contributed by atoms with Crippen LogP contribution in [0, 0.1) is 0 Å². The van der Waals surface area contributed by atoms with Crippen LogP contribution in [0.4, 0.5) is 0 Å². The minimum absolute atomic E-state index is 0.0170. The summed E-state index contributed by atoms with van der Waals surface area (Å²) in [4.78, 5) is 26.8. The molecule has 3 rings (SSSR count). The maximum atomic E-state index is 12.6. The molecule has 1 amide bonds. The van der Waals surface area contributed by atoms with Gasteiger partial charge in [0, 0.05) is 12.6 Å². The third-order valence-corrected chi connectivity index (χ3v) is 3.91. The van der Waals surface area contributed by atoms with E-state index in [1.165, 1.54) is 6.07 Å². The minimum Gasteiger partial charge on any atom is -0.451 e. The molecule has 0 aliphatic heterocycles. The number of nitrogens with one attached hydrogen (secondary N) is 1. The Hall–Kier alpha value is -2.92. The van der Waals surface area contributed by atoms with Crippen molar-refractivity contribution in [3.63, 3.8) is 0 Å². The van der Waals surface area contributed by atoms with E-state index >= 15 is 0 Å². The van der Waals surface area contributed by atoms with Gasteiger partial charge in [-0.05, 0) is 31.8 Å². The van der Waals surface area contributed by atoms with Crippen molar-refractivity contribution in [3.8, 4) is 0 Å². The fourth-order valence-corrected chi connectivity index (χ4v) is 2.73. The molecule has 5 heteroatoms. The first-order valence-electron chi connectivity index (χ1n) is 8.08. The van der Waals surface area contributed by atoms with Crippen molar-refractivity contribution >= 4 is 16.9 Å². The molecule has 1 aromatic heterocycles. The molecular formula is C20H20N2O3. The first kappa shape index (κ1) is 16.9. The molecule has 0 radical (unpaired) electrons. The zero-order valence-electron chi connectivity index (χ0n) is 14.2. The second-order valence-corrected chi connectivity index (χ2v) is 6.17. The van der Waals surface area contributed by atoms with Gasteiger partial charge in [-0.15, -0.1) is 0 Å². The highest BCUT2D eigenvalue weighted by molar-refractivity contribution is 5.93. The van der Waals surface area contributed by atoms with Crippen LogP contribution in [-0.4, -0.2) is 31.4 Å². The summed E-state index contributed by atoms with van der Waals surface area (Å²) in [6, 6.07) is 17.7. The number of likely N-dealkylation sites (N-methyl/N-ethyl adjacent to an activating group) is 1. The van der Waals surface area contributed by atoms with Gasteiger partial charge in [-0.25, -0.2) is 0 Å². The molecule has 0 aliphatic carbocycles. The van der Waals surface area contributed by atoms with Crippen molar-refractivity contribution in [1.82, 2.24) is 10.2 Å². The molecule has 0 spiro atoms. The van der Waals surface area contributed by atoms with Crippen LogP contribution in [-0.2, 0) is 0 Å².